The van der Waals surface area contributed by atoms with E-state index in [1.165, 1.54) is 6.26 Å². The van der Waals surface area contributed by atoms with Crippen molar-refractivity contribution >= 4 is 6.29 Å². The highest BCUT2D eigenvalue weighted by Crippen LogP contribution is 1.90. The largest absolute Gasteiger partial charge is 0.463 e. The van der Waals surface area contributed by atoms with Crippen LogP contribution in [0.5, 0.6) is 0 Å². The molecule has 0 heterocycles. The van der Waals surface area contributed by atoms with Crippen molar-refractivity contribution in [1.29, 1.82) is 0 Å². The zero-order valence-electron chi connectivity index (χ0n) is 4.76. The summed E-state index contributed by atoms with van der Waals surface area (Å²) in [6.07, 6.45) is 3.40. The van der Waals surface area contributed by atoms with E-state index in [9.17, 15) is 4.79 Å². The zero-order chi connectivity index (χ0) is 6.41. The maximum absolute atomic E-state index is 9.88. The molecular formula is C6H8O2. The second-order valence-corrected chi connectivity index (χ2v) is 1.09. The average Bonchev–Trinajstić information content (AvgIpc) is 1.83. The van der Waals surface area contributed by atoms with Crippen LogP contribution < -0.4 is 0 Å². The van der Waals surface area contributed by atoms with Crippen LogP contribution in [0.15, 0.2) is 24.7 Å². The summed E-state index contributed by atoms with van der Waals surface area (Å²) >= 11 is 0. The fraction of sp³-hybridized carbons (Fsp3) is 0.167. The Morgan fingerprint density at radius 2 is 2.38 bits per heavy atom. The van der Waals surface area contributed by atoms with Crippen molar-refractivity contribution in [3.8, 4) is 0 Å². The Morgan fingerprint density at radius 1 is 1.75 bits per heavy atom. The lowest BCUT2D eigenvalue weighted by Crippen LogP contribution is -1.83. The molecule has 0 fully saturated rings. The van der Waals surface area contributed by atoms with Crippen LogP contribution in [-0.4, -0.2) is 6.29 Å². The molecule has 8 heavy (non-hydrogen) atoms. The summed E-state index contributed by atoms with van der Waals surface area (Å²) in [5.74, 6) is 0.292. The van der Waals surface area contributed by atoms with Gasteiger partial charge in [-0.05, 0) is 13.0 Å². The summed E-state index contributed by atoms with van der Waals surface area (Å²) in [6, 6.07) is 0. The molecule has 0 aliphatic rings. The van der Waals surface area contributed by atoms with E-state index in [0.717, 1.165) is 0 Å². The molecule has 44 valence electrons. The molecule has 0 radical (unpaired) electrons. The first-order valence-electron chi connectivity index (χ1n) is 2.24. The molecule has 0 unspecified atom stereocenters. The van der Waals surface area contributed by atoms with Crippen LogP contribution in [0.2, 0.25) is 0 Å². The minimum atomic E-state index is 0.292. The third kappa shape index (κ3) is 2.18. The highest BCUT2D eigenvalue weighted by Gasteiger charge is 1.85. The molecule has 0 aromatic rings. The fourth-order valence-corrected chi connectivity index (χ4v) is 0.260. The van der Waals surface area contributed by atoms with Gasteiger partial charge in [-0.2, -0.15) is 0 Å². The zero-order valence-corrected chi connectivity index (χ0v) is 4.76. The topological polar surface area (TPSA) is 26.3 Å². The smallest absolute Gasteiger partial charge is 0.184 e. The quantitative estimate of drug-likeness (QED) is 0.312. The molecule has 0 aliphatic heterocycles. The molecule has 0 aromatic carbocycles. The first-order valence-corrected chi connectivity index (χ1v) is 2.24. The third-order valence-electron chi connectivity index (χ3n) is 0.620. The van der Waals surface area contributed by atoms with E-state index in [-0.39, 0.29) is 0 Å². The summed E-state index contributed by atoms with van der Waals surface area (Å²) in [7, 11) is 0. The second-order valence-electron chi connectivity index (χ2n) is 1.09. The Kier molecular flexibility index (Phi) is 3.58. The third-order valence-corrected chi connectivity index (χ3v) is 0.620. The van der Waals surface area contributed by atoms with Gasteiger partial charge in [-0.3, -0.25) is 4.79 Å². The minimum Gasteiger partial charge on any atom is -0.463 e. The summed E-state index contributed by atoms with van der Waals surface area (Å²) in [4.78, 5) is 9.88. The number of aldehydes is 1. The van der Waals surface area contributed by atoms with Gasteiger partial charge in [-0.25, -0.2) is 0 Å². The highest BCUT2D eigenvalue weighted by molar-refractivity contribution is 5.70. The first kappa shape index (κ1) is 6.95. The van der Waals surface area contributed by atoms with Crippen molar-refractivity contribution in [2.75, 3.05) is 0 Å². The average molecular weight is 112 g/mol. The van der Waals surface area contributed by atoms with Gasteiger partial charge in [-0.1, -0.05) is 6.58 Å². The molecule has 0 atom stereocenters. The molecule has 0 aliphatic carbocycles. The normalized spacial score (nSPS) is 10.4. The van der Waals surface area contributed by atoms with Gasteiger partial charge in [0, 0.05) is 0 Å². The number of allylic oxidation sites excluding steroid dienone is 2. The van der Waals surface area contributed by atoms with Crippen LogP contribution in [0, 0.1) is 0 Å². The Balaban J connectivity index is 3.71. The Hall–Kier alpha value is -1.05. The number of hydrogen-bond donors (Lipinski definition) is 0. The van der Waals surface area contributed by atoms with Crippen molar-refractivity contribution in [3.05, 3.63) is 24.7 Å². The highest BCUT2D eigenvalue weighted by atomic mass is 16.5. The molecule has 2 heteroatoms. The van der Waals surface area contributed by atoms with Crippen LogP contribution in [-0.2, 0) is 9.53 Å². The summed E-state index contributed by atoms with van der Waals surface area (Å²) < 4.78 is 4.60. The van der Waals surface area contributed by atoms with Gasteiger partial charge < -0.3 is 4.74 Å². The summed E-state index contributed by atoms with van der Waals surface area (Å²) in [5.41, 5.74) is 0. The van der Waals surface area contributed by atoms with E-state index in [0.29, 0.717) is 12.0 Å². The van der Waals surface area contributed by atoms with Crippen LogP contribution in [0.3, 0.4) is 0 Å². The van der Waals surface area contributed by atoms with Crippen molar-refractivity contribution < 1.29 is 9.53 Å². The van der Waals surface area contributed by atoms with E-state index in [4.69, 9.17) is 0 Å². The van der Waals surface area contributed by atoms with Gasteiger partial charge in [0.25, 0.3) is 0 Å². The molecule has 0 saturated carbocycles. The number of hydrogen-bond acceptors (Lipinski definition) is 2. The van der Waals surface area contributed by atoms with Gasteiger partial charge in [0.05, 0.1) is 6.26 Å². The van der Waals surface area contributed by atoms with Crippen molar-refractivity contribution in [2.24, 2.45) is 0 Å². The minimum absolute atomic E-state index is 0.292. The SMILES string of the molecule is C=CO/C(C=O)=C\C. The Labute approximate surface area is 48.5 Å². The molecule has 2 nitrogen and oxygen atoms in total. The summed E-state index contributed by atoms with van der Waals surface area (Å²) in [6.45, 7) is 4.99. The van der Waals surface area contributed by atoms with Crippen LogP contribution in [0.25, 0.3) is 0 Å². The van der Waals surface area contributed by atoms with Gasteiger partial charge in [0.2, 0.25) is 0 Å². The lowest BCUT2D eigenvalue weighted by atomic mass is 10.5. The Morgan fingerprint density at radius 3 is 2.50 bits per heavy atom. The van der Waals surface area contributed by atoms with E-state index in [1.54, 1.807) is 13.0 Å². The second kappa shape index (κ2) is 4.12. The summed E-state index contributed by atoms with van der Waals surface area (Å²) in [5, 5.41) is 0. The van der Waals surface area contributed by atoms with Gasteiger partial charge in [0.1, 0.15) is 0 Å². The monoisotopic (exact) mass is 112 g/mol. The molecule has 0 N–H and O–H groups in total. The van der Waals surface area contributed by atoms with E-state index in [1.807, 2.05) is 0 Å². The maximum Gasteiger partial charge on any atom is 0.184 e. The van der Waals surface area contributed by atoms with Gasteiger partial charge in [0.15, 0.2) is 12.0 Å². The number of rotatable bonds is 3. The Bertz CT molecular complexity index is 114. The molecular weight excluding hydrogens is 104 g/mol. The van der Waals surface area contributed by atoms with E-state index < -0.39 is 0 Å². The predicted octanol–water partition coefficient (Wildman–Crippen LogP) is 1.25. The molecule has 0 aromatic heterocycles. The van der Waals surface area contributed by atoms with E-state index >= 15 is 0 Å². The molecule has 0 spiro atoms. The van der Waals surface area contributed by atoms with E-state index in [2.05, 4.69) is 11.3 Å². The van der Waals surface area contributed by atoms with Gasteiger partial charge >= 0.3 is 0 Å². The molecule has 0 rings (SSSR count). The van der Waals surface area contributed by atoms with Crippen molar-refractivity contribution in [3.63, 3.8) is 0 Å². The van der Waals surface area contributed by atoms with Gasteiger partial charge in [-0.15, -0.1) is 0 Å². The van der Waals surface area contributed by atoms with Crippen LogP contribution in [0.1, 0.15) is 6.92 Å². The molecule has 0 saturated heterocycles. The van der Waals surface area contributed by atoms with Crippen molar-refractivity contribution in [2.45, 2.75) is 6.92 Å². The maximum atomic E-state index is 9.88. The van der Waals surface area contributed by atoms with Crippen molar-refractivity contribution in [1.82, 2.24) is 0 Å². The molecule has 0 bridgehead atoms. The number of ether oxygens (including phenoxy) is 1. The first-order chi connectivity index (χ1) is 3.85. The lowest BCUT2D eigenvalue weighted by molar-refractivity contribution is -0.107. The molecule has 0 amide bonds. The van der Waals surface area contributed by atoms with Crippen LogP contribution in [0.4, 0.5) is 0 Å². The number of carbonyl (C=O) groups excluding carboxylic acids is 1. The van der Waals surface area contributed by atoms with Crippen LogP contribution >= 0.6 is 0 Å². The fourth-order valence-electron chi connectivity index (χ4n) is 0.260. The predicted molar refractivity (Wildman–Crippen MR) is 31.1 cm³/mol. The lowest BCUT2D eigenvalue weighted by Gasteiger charge is -1.91. The number of carbonyl (C=O) groups is 1. The standard InChI is InChI=1S/C6H8O2/c1-3-6(5-7)8-4-2/h3-5H,2H2,1H3/b6-3-.